The van der Waals surface area contributed by atoms with E-state index in [1.165, 1.54) is 11.3 Å². The number of fused-ring (bicyclic) bond motifs is 2. The van der Waals surface area contributed by atoms with Crippen LogP contribution in [0.2, 0.25) is 0 Å². The number of benzene rings is 1. The quantitative estimate of drug-likeness (QED) is 0.442. The van der Waals surface area contributed by atoms with Crippen molar-refractivity contribution in [2.24, 2.45) is 17.8 Å². The maximum absolute atomic E-state index is 12.6. The number of alkyl halides is 2. The van der Waals surface area contributed by atoms with Gasteiger partial charge in [0.2, 0.25) is 0 Å². The maximum Gasteiger partial charge on any atom is 0.322 e. The van der Waals surface area contributed by atoms with E-state index in [1.54, 1.807) is 0 Å². The highest BCUT2D eigenvalue weighted by Gasteiger charge is 2.78. The highest BCUT2D eigenvalue weighted by Crippen LogP contribution is 2.70. The summed E-state index contributed by atoms with van der Waals surface area (Å²) in [6, 6.07) is 9.11. The molecule has 1 saturated carbocycles. The number of para-hydroxylation sites is 1. The number of likely N-dealkylation sites (N-methyl/N-ethyl adjacent to an activating group) is 1. The van der Waals surface area contributed by atoms with Gasteiger partial charge in [0, 0.05) is 36.7 Å². The molecular weight excluding hydrogens is 487 g/mol. The second kappa shape index (κ2) is 8.18. The van der Waals surface area contributed by atoms with Crippen LogP contribution in [0.5, 0.6) is 0 Å². The van der Waals surface area contributed by atoms with Gasteiger partial charge in [0.05, 0.1) is 11.5 Å². The average Bonchev–Trinajstić information content (AvgIpc) is 3.21. The summed E-state index contributed by atoms with van der Waals surface area (Å²) < 4.78 is 12.2. The molecule has 7 rings (SSSR count). The minimum absolute atomic E-state index is 0. The van der Waals surface area contributed by atoms with E-state index in [9.17, 15) is 9.59 Å². The monoisotopic (exact) mass is 514 g/mol. The molecule has 6 nitrogen and oxygen atoms in total. The highest BCUT2D eigenvalue weighted by molar-refractivity contribution is 6.26. The topological polar surface area (TPSA) is 59.1 Å². The van der Waals surface area contributed by atoms with E-state index in [2.05, 4.69) is 48.0 Å². The van der Waals surface area contributed by atoms with E-state index in [4.69, 9.17) is 32.7 Å². The first-order chi connectivity index (χ1) is 15.5. The van der Waals surface area contributed by atoms with Gasteiger partial charge in [0.1, 0.15) is 17.9 Å². The van der Waals surface area contributed by atoms with Crippen molar-refractivity contribution in [3.8, 4) is 0 Å². The molecule has 0 aromatic heterocycles. The number of nitrogens with zero attached hydrogens (tertiary/aromatic N) is 2. The zero-order valence-electron chi connectivity index (χ0n) is 18.7. The molecule has 6 aliphatic rings. The summed E-state index contributed by atoms with van der Waals surface area (Å²) in [5.74, 6) is -0.263. The molecule has 4 unspecified atom stereocenters. The van der Waals surface area contributed by atoms with Crippen LogP contribution < -0.4 is 4.90 Å². The van der Waals surface area contributed by atoms with Crippen LogP contribution in [0.25, 0.3) is 0 Å². The van der Waals surface area contributed by atoms with Crippen molar-refractivity contribution < 1.29 is 19.1 Å². The summed E-state index contributed by atoms with van der Waals surface area (Å²) in [5, 5.41) is 0. The Morgan fingerprint density at radius 2 is 1.82 bits per heavy atom. The smallest absolute Gasteiger partial charge is 0.322 e. The first-order valence-electron chi connectivity index (χ1n) is 11.6. The summed E-state index contributed by atoms with van der Waals surface area (Å²) in [6.45, 7) is 2.16. The average molecular weight is 516 g/mol. The fourth-order valence-corrected chi connectivity index (χ4v) is 8.61. The zero-order chi connectivity index (χ0) is 22.4. The van der Waals surface area contributed by atoms with E-state index in [0.717, 1.165) is 19.3 Å². The number of rotatable bonds is 5. The molecule has 1 aromatic rings. The van der Waals surface area contributed by atoms with E-state index < -0.39 is 0 Å². The molecule has 1 spiro atoms. The third-order valence-electron chi connectivity index (χ3n) is 9.13. The van der Waals surface area contributed by atoms with Gasteiger partial charge in [-0.1, -0.05) is 25.1 Å². The van der Waals surface area contributed by atoms with Gasteiger partial charge in [-0.15, -0.1) is 35.6 Å². The van der Waals surface area contributed by atoms with E-state index in [-0.39, 0.29) is 83.8 Å². The normalized spacial score (nSPS) is 43.0. The number of esters is 2. The molecule has 5 fully saturated rings. The van der Waals surface area contributed by atoms with Crippen LogP contribution in [0, 0.1) is 17.8 Å². The maximum atomic E-state index is 12.6. The SMILES string of the molecule is CC[C@H]1C2C[C@H]3[C@@H]4N(C)c5ccccc5C45C[C@@H](C2[C@H]5OC(=O)CCl)N3[C@@H]1OC(=O)CCl.Cl. The Bertz CT molecular complexity index is 979. The van der Waals surface area contributed by atoms with Crippen LogP contribution in [0.1, 0.15) is 31.7 Å². The van der Waals surface area contributed by atoms with Crippen LogP contribution >= 0.6 is 35.6 Å². The van der Waals surface area contributed by atoms with Crippen molar-refractivity contribution in [1.29, 1.82) is 0 Å². The second-order valence-corrected chi connectivity index (χ2v) is 10.5. The van der Waals surface area contributed by atoms with Gasteiger partial charge in [-0.2, -0.15) is 0 Å². The molecule has 10 atom stereocenters. The minimum Gasteiger partial charge on any atom is -0.460 e. The number of hydrogen-bond donors (Lipinski definition) is 0. The van der Waals surface area contributed by atoms with Crippen molar-refractivity contribution in [2.75, 3.05) is 23.7 Å². The molecule has 1 aromatic carbocycles. The Balaban J connectivity index is 0.00000228. The number of hydrogen-bond acceptors (Lipinski definition) is 6. The first kappa shape index (κ1) is 23.5. The number of piperidine rings is 4. The number of anilines is 1. The molecule has 1 aliphatic carbocycles. The largest absolute Gasteiger partial charge is 0.460 e. The molecule has 180 valence electrons. The van der Waals surface area contributed by atoms with Crippen molar-refractivity contribution in [2.45, 2.75) is 62.1 Å². The Kier molecular flexibility index (Phi) is 5.83. The van der Waals surface area contributed by atoms with Gasteiger partial charge >= 0.3 is 11.9 Å². The molecule has 5 aliphatic heterocycles. The van der Waals surface area contributed by atoms with Crippen molar-refractivity contribution >= 4 is 53.2 Å². The van der Waals surface area contributed by atoms with Crippen LogP contribution in [0.3, 0.4) is 0 Å². The summed E-state index contributed by atoms with van der Waals surface area (Å²) >= 11 is 11.7. The lowest BCUT2D eigenvalue weighted by Crippen LogP contribution is -2.73. The molecule has 0 radical (unpaired) electrons. The highest BCUT2D eigenvalue weighted by atomic mass is 35.5. The summed E-state index contributed by atoms with van der Waals surface area (Å²) in [5.41, 5.74) is 2.22. The van der Waals surface area contributed by atoms with Crippen LogP contribution in [0.4, 0.5) is 5.69 Å². The van der Waals surface area contributed by atoms with E-state index in [0.29, 0.717) is 5.92 Å². The van der Waals surface area contributed by atoms with Gasteiger partial charge < -0.3 is 14.4 Å². The Hall–Kier alpha value is -1.21. The number of carbonyl (C=O) groups is 2. The molecule has 4 saturated heterocycles. The summed E-state index contributed by atoms with van der Waals surface area (Å²) in [7, 11) is 2.15. The first-order valence-corrected chi connectivity index (χ1v) is 12.7. The fraction of sp³-hybridized carbons (Fsp3) is 0.667. The van der Waals surface area contributed by atoms with Crippen LogP contribution in [-0.2, 0) is 24.5 Å². The van der Waals surface area contributed by atoms with Gasteiger partial charge in [-0.3, -0.25) is 14.5 Å². The van der Waals surface area contributed by atoms with E-state index in [1.807, 2.05) is 0 Å². The predicted octanol–water partition coefficient (Wildman–Crippen LogP) is 3.56. The molecule has 9 heteroatoms. The molecule has 0 N–H and O–H groups in total. The lowest BCUT2D eigenvalue weighted by molar-refractivity contribution is -0.228. The third kappa shape index (κ3) is 2.84. The van der Waals surface area contributed by atoms with Gasteiger partial charge in [0.25, 0.3) is 0 Å². The Morgan fingerprint density at radius 1 is 1.12 bits per heavy atom. The molecular formula is C24H29Cl3N2O4. The number of ether oxygens (including phenoxy) is 2. The fourth-order valence-electron chi connectivity index (χ4n) is 8.48. The summed E-state index contributed by atoms with van der Waals surface area (Å²) in [4.78, 5) is 29.7. The lowest BCUT2D eigenvalue weighted by atomic mass is 9.62. The Morgan fingerprint density at radius 3 is 2.52 bits per heavy atom. The molecule has 5 bridgehead atoms. The molecule has 33 heavy (non-hydrogen) atoms. The summed E-state index contributed by atoms with van der Waals surface area (Å²) in [6.07, 6.45) is 2.32. The Labute approximate surface area is 210 Å². The number of halogens is 3. The van der Waals surface area contributed by atoms with Gasteiger partial charge in [-0.05, 0) is 36.8 Å². The molecule has 0 amide bonds. The van der Waals surface area contributed by atoms with E-state index >= 15 is 0 Å². The zero-order valence-corrected chi connectivity index (χ0v) is 21.0. The molecule has 5 heterocycles. The van der Waals surface area contributed by atoms with Crippen molar-refractivity contribution in [3.05, 3.63) is 29.8 Å². The van der Waals surface area contributed by atoms with Crippen molar-refractivity contribution in [1.82, 2.24) is 4.90 Å². The van der Waals surface area contributed by atoms with Gasteiger partial charge in [-0.25, -0.2) is 0 Å². The van der Waals surface area contributed by atoms with Crippen molar-refractivity contribution in [3.63, 3.8) is 0 Å². The van der Waals surface area contributed by atoms with Crippen LogP contribution in [-0.4, -0.2) is 66.1 Å². The van der Waals surface area contributed by atoms with Gasteiger partial charge in [0.15, 0.2) is 6.23 Å². The lowest BCUT2D eigenvalue weighted by Gasteiger charge is -2.62. The standard InChI is InChI=1S/C24H28Cl2N2O4.ClH/c1-3-12-13-8-16-21-24(14-6-4-5-7-15(14)27(21)2)9-17(20(13)22(24)31-18(29)10-25)28(16)23(12)32-19(30)11-26;/h4-7,12-13,16-17,20-23H,3,8-11H2,1-2H3;1H/t12-,13?,16-,17-,20?,21-,22+,23+,24?;/m0./s1. The minimum atomic E-state index is -0.365. The predicted molar refractivity (Wildman–Crippen MR) is 128 cm³/mol. The third-order valence-corrected chi connectivity index (χ3v) is 9.56. The van der Waals surface area contributed by atoms with Crippen LogP contribution in [0.15, 0.2) is 24.3 Å². The second-order valence-electron chi connectivity index (χ2n) is 10.0. The number of carbonyl (C=O) groups excluding carboxylic acids is 2.